The van der Waals surface area contributed by atoms with Crippen LogP contribution in [0.25, 0.3) is 11.0 Å². The number of carbonyl (C=O) groups excluding carboxylic acids is 2. The van der Waals surface area contributed by atoms with Gasteiger partial charge in [-0.05, 0) is 60.0 Å². The van der Waals surface area contributed by atoms with Crippen molar-refractivity contribution in [2.75, 3.05) is 18.7 Å². The molecule has 0 radical (unpaired) electrons. The lowest BCUT2D eigenvalue weighted by atomic mass is 9.73. The van der Waals surface area contributed by atoms with Crippen molar-refractivity contribution in [3.8, 4) is 5.75 Å². The third-order valence-electron chi connectivity index (χ3n) is 9.92. The molecule has 2 unspecified atom stereocenters. The summed E-state index contributed by atoms with van der Waals surface area (Å²) in [6.45, 7) is 0.692. The molecule has 4 N–H and O–H groups in total. The predicted molar refractivity (Wildman–Crippen MR) is 199 cm³/mol. The molecular formula is C40H39N3O13. The number of carboxylic acid groups (broad SMARTS) is 3. The lowest BCUT2D eigenvalue weighted by Crippen LogP contribution is -2.60. The van der Waals surface area contributed by atoms with E-state index in [0.717, 1.165) is 12.5 Å². The van der Waals surface area contributed by atoms with Crippen LogP contribution in [0.1, 0.15) is 60.1 Å². The highest BCUT2D eigenvalue weighted by molar-refractivity contribution is 6.04. The van der Waals surface area contributed by atoms with E-state index in [-0.39, 0.29) is 17.2 Å². The van der Waals surface area contributed by atoms with Crippen LogP contribution >= 0.6 is 0 Å². The average molecular weight is 770 g/mol. The van der Waals surface area contributed by atoms with Gasteiger partial charge >= 0.3 is 29.5 Å². The SMILES string of the molecule is COc1ccc2oc(=O)c(C3=NN(c4ccc(C(=O)N[C@H]5C(CC(=O)O)O[C@@H](COC(C)=O)[C@@H](CC(=O)O)[C@H]5CC(=O)O)cc4)C(c4ccccc4)C3)cc2c1. The first-order valence-corrected chi connectivity index (χ1v) is 17.7. The number of hydrogen-bond donors (Lipinski definition) is 4. The van der Waals surface area contributed by atoms with E-state index in [9.17, 15) is 44.1 Å². The number of amides is 1. The number of rotatable bonds is 14. The Morgan fingerprint density at radius 2 is 1.54 bits per heavy atom. The van der Waals surface area contributed by atoms with E-state index in [1.807, 2.05) is 30.3 Å². The Balaban J connectivity index is 1.30. The van der Waals surface area contributed by atoms with Crippen molar-refractivity contribution in [2.45, 2.75) is 56.9 Å². The number of anilines is 1. The second-order valence-electron chi connectivity index (χ2n) is 13.6. The number of hydrogen-bond acceptors (Lipinski definition) is 12. The van der Waals surface area contributed by atoms with Crippen LogP contribution in [0.5, 0.6) is 5.75 Å². The van der Waals surface area contributed by atoms with E-state index >= 15 is 0 Å². The zero-order chi connectivity index (χ0) is 40.1. The van der Waals surface area contributed by atoms with E-state index in [1.165, 1.54) is 12.1 Å². The van der Waals surface area contributed by atoms with Gasteiger partial charge in [0.25, 0.3) is 5.91 Å². The highest BCUT2D eigenvalue weighted by Gasteiger charge is 2.48. The van der Waals surface area contributed by atoms with Crippen molar-refractivity contribution in [3.05, 3.63) is 106 Å². The molecule has 0 aliphatic carbocycles. The number of carbonyl (C=O) groups is 5. The van der Waals surface area contributed by atoms with Crippen LogP contribution in [0.3, 0.4) is 0 Å². The van der Waals surface area contributed by atoms with E-state index in [0.29, 0.717) is 34.5 Å². The summed E-state index contributed by atoms with van der Waals surface area (Å²) < 4.78 is 22.0. The van der Waals surface area contributed by atoms with Crippen molar-refractivity contribution in [1.82, 2.24) is 5.32 Å². The van der Waals surface area contributed by atoms with Crippen LogP contribution in [0.2, 0.25) is 0 Å². The molecule has 1 fully saturated rings. The molecule has 4 aromatic rings. The number of methoxy groups -OCH3 is 1. The molecule has 16 nitrogen and oxygen atoms in total. The van der Waals surface area contributed by atoms with Gasteiger partial charge in [0.1, 0.15) is 17.9 Å². The Morgan fingerprint density at radius 3 is 2.18 bits per heavy atom. The molecule has 1 amide bonds. The zero-order valence-electron chi connectivity index (χ0n) is 30.3. The van der Waals surface area contributed by atoms with Crippen molar-refractivity contribution in [2.24, 2.45) is 16.9 Å². The summed E-state index contributed by atoms with van der Waals surface area (Å²) in [4.78, 5) is 74.5. The van der Waals surface area contributed by atoms with Crippen molar-refractivity contribution in [1.29, 1.82) is 0 Å². The van der Waals surface area contributed by atoms with Gasteiger partial charge in [-0.3, -0.25) is 29.0 Å². The van der Waals surface area contributed by atoms with Crippen LogP contribution in [0.15, 0.2) is 93.2 Å². The second-order valence-corrected chi connectivity index (χ2v) is 13.6. The van der Waals surface area contributed by atoms with Gasteiger partial charge in [0.2, 0.25) is 0 Å². The third-order valence-corrected chi connectivity index (χ3v) is 9.92. The molecule has 2 aliphatic rings. The normalized spacial score (nSPS) is 21.9. The van der Waals surface area contributed by atoms with E-state index in [2.05, 4.69) is 5.32 Å². The molecular weight excluding hydrogens is 730 g/mol. The number of nitrogens with zero attached hydrogens (tertiary/aromatic N) is 2. The number of esters is 1. The van der Waals surface area contributed by atoms with Crippen LogP contribution < -0.4 is 20.7 Å². The molecule has 56 heavy (non-hydrogen) atoms. The largest absolute Gasteiger partial charge is 0.497 e. The highest BCUT2D eigenvalue weighted by Crippen LogP contribution is 2.39. The Hall–Kier alpha value is -6.55. The lowest BCUT2D eigenvalue weighted by molar-refractivity contribution is -0.179. The van der Waals surface area contributed by atoms with Crippen LogP contribution in [-0.4, -0.2) is 82.8 Å². The number of benzene rings is 3. The van der Waals surface area contributed by atoms with Gasteiger partial charge in [-0.2, -0.15) is 5.10 Å². The summed E-state index contributed by atoms with van der Waals surface area (Å²) in [5, 5.41) is 39.2. The number of hydrazone groups is 1. The monoisotopic (exact) mass is 769 g/mol. The fourth-order valence-corrected chi connectivity index (χ4v) is 7.38. The first-order chi connectivity index (χ1) is 26.8. The van der Waals surface area contributed by atoms with Gasteiger partial charge in [-0.15, -0.1) is 0 Å². The van der Waals surface area contributed by atoms with Gasteiger partial charge in [-0.1, -0.05) is 30.3 Å². The standard InChI is InChI=1S/C40H39N3O13/c1-21(44)54-20-34-27(16-35(45)46)28(17-36(47)48)38(33(55-34)19-37(49)50)41-39(51)23-8-10-25(11-9-23)43-31(22-6-4-3-5-7-22)18-30(42-43)29-15-24-14-26(53-2)12-13-32(24)56-40(29)52/h3-15,27-28,31,33-34,38H,16-20H2,1-2H3,(H,41,51)(H,45,46)(H,47,48)(H,49,50)/t27-,28+,31?,33?,34-,38+/m0/s1. The molecule has 6 rings (SSSR count). The topological polar surface area (TPSA) is 232 Å². The highest BCUT2D eigenvalue weighted by atomic mass is 16.6. The number of aliphatic carboxylic acids is 3. The molecule has 2 aliphatic heterocycles. The van der Waals surface area contributed by atoms with Crippen molar-refractivity contribution >= 4 is 52.2 Å². The van der Waals surface area contributed by atoms with Gasteiger partial charge in [-0.25, -0.2) is 4.79 Å². The Labute approximate surface area is 319 Å². The maximum Gasteiger partial charge on any atom is 0.345 e. The van der Waals surface area contributed by atoms with Gasteiger partial charge in [0.05, 0.1) is 67.6 Å². The van der Waals surface area contributed by atoms with Gasteiger partial charge < -0.3 is 39.3 Å². The zero-order valence-corrected chi connectivity index (χ0v) is 30.3. The van der Waals surface area contributed by atoms with E-state index in [4.69, 9.17) is 23.7 Å². The van der Waals surface area contributed by atoms with Crippen LogP contribution in [0, 0.1) is 11.8 Å². The molecule has 0 bridgehead atoms. The molecule has 3 heterocycles. The summed E-state index contributed by atoms with van der Waals surface area (Å²) >= 11 is 0. The first-order valence-electron chi connectivity index (χ1n) is 17.7. The lowest BCUT2D eigenvalue weighted by Gasteiger charge is -2.46. The summed E-state index contributed by atoms with van der Waals surface area (Å²) in [5.74, 6) is -6.88. The molecule has 1 saturated heterocycles. The number of carboxylic acids is 3. The number of ether oxygens (including phenoxy) is 3. The van der Waals surface area contributed by atoms with Gasteiger partial charge in [0, 0.05) is 30.2 Å². The summed E-state index contributed by atoms with van der Waals surface area (Å²) in [7, 11) is 1.54. The van der Waals surface area contributed by atoms with Crippen LogP contribution in [0.4, 0.5) is 5.69 Å². The Bertz CT molecular complexity index is 2220. The molecule has 0 saturated carbocycles. The molecule has 292 valence electrons. The minimum Gasteiger partial charge on any atom is -0.497 e. The van der Waals surface area contributed by atoms with Crippen molar-refractivity contribution in [3.63, 3.8) is 0 Å². The fraction of sp³-hybridized carbons (Fsp3) is 0.325. The average Bonchev–Trinajstić information content (AvgIpc) is 3.61. The second kappa shape index (κ2) is 16.9. The molecule has 3 aromatic carbocycles. The molecule has 1 aromatic heterocycles. The minimum atomic E-state index is -1.31. The summed E-state index contributed by atoms with van der Waals surface area (Å²) in [5.41, 5.74) is 2.20. The summed E-state index contributed by atoms with van der Waals surface area (Å²) in [6, 6.07) is 21.1. The maximum atomic E-state index is 13.8. The third kappa shape index (κ3) is 8.87. The van der Waals surface area contributed by atoms with Crippen molar-refractivity contribution < 1.29 is 57.9 Å². The minimum absolute atomic E-state index is 0.123. The molecule has 6 atom stereocenters. The smallest absolute Gasteiger partial charge is 0.345 e. The quantitative estimate of drug-likeness (QED) is 0.104. The molecule has 0 spiro atoms. The molecule has 16 heteroatoms. The van der Waals surface area contributed by atoms with E-state index in [1.54, 1.807) is 48.5 Å². The van der Waals surface area contributed by atoms with Crippen LogP contribution in [-0.2, 0) is 28.7 Å². The first kappa shape index (κ1) is 39.2. The maximum absolute atomic E-state index is 13.8. The Kier molecular flexibility index (Phi) is 11.8. The number of nitrogens with one attached hydrogen (secondary N) is 1. The predicted octanol–water partition coefficient (Wildman–Crippen LogP) is 4.24. The van der Waals surface area contributed by atoms with E-state index < -0.39 is 91.4 Å². The fourth-order valence-electron chi connectivity index (χ4n) is 7.38. The Morgan fingerprint density at radius 1 is 0.857 bits per heavy atom. The number of fused-ring (bicyclic) bond motifs is 1. The van der Waals surface area contributed by atoms with Gasteiger partial charge in [0.15, 0.2) is 0 Å². The summed E-state index contributed by atoms with van der Waals surface area (Å²) in [6.07, 6.45) is -3.97.